The van der Waals surface area contributed by atoms with Crippen LogP contribution in [0.15, 0.2) is 18.2 Å². The maximum absolute atomic E-state index is 13.3. The second kappa shape index (κ2) is 5.47. The molecule has 1 saturated heterocycles. The molecule has 1 radical (unpaired) electrons. The highest BCUT2D eigenvalue weighted by Gasteiger charge is 2.38. The summed E-state index contributed by atoms with van der Waals surface area (Å²) in [5.74, 6) is -0.336. The maximum Gasteiger partial charge on any atom is 0.163 e. The highest BCUT2D eigenvalue weighted by molar-refractivity contribution is 5.37. The van der Waals surface area contributed by atoms with Gasteiger partial charge in [0.25, 0.3) is 0 Å². The monoisotopic (exact) mass is 267 g/mol. The lowest BCUT2D eigenvalue weighted by Crippen LogP contribution is -2.25. The summed E-state index contributed by atoms with van der Waals surface area (Å²) in [6.07, 6.45) is 0.540. The van der Waals surface area contributed by atoms with Crippen molar-refractivity contribution in [1.29, 1.82) is 0 Å². The van der Waals surface area contributed by atoms with E-state index < -0.39 is 5.79 Å². The van der Waals surface area contributed by atoms with E-state index in [0.29, 0.717) is 18.8 Å². The molecule has 2 atom stereocenters. The van der Waals surface area contributed by atoms with Gasteiger partial charge in [0.05, 0.1) is 19.8 Å². The number of methoxy groups -OCH3 is 1. The SMILES string of the molecule is [CH2]C[C@@H](c1ccc(F)cc1OC)[C@H]1COC(C)(C)O1. The van der Waals surface area contributed by atoms with Crippen LogP contribution in [0.25, 0.3) is 0 Å². The third kappa shape index (κ3) is 3.07. The summed E-state index contributed by atoms with van der Waals surface area (Å²) >= 11 is 0. The van der Waals surface area contributed by atoms with Gasteiger partial charge in [-0.3, -0.25) is 0 Å². The van der Waals surface area contributed by atoms with Gasteiger partial charge < -0.3 is 14.2 Å². The molecule has 1 aromatic rings. The minimum absolute atomic E-state index is 0.0253. The fourth-order valence-electron chi connectivity index (χ4n) is 2.45. The third-order valence-electron chi connectivity index (χ3n) is 3.39. The quantitative estimate of drug-likeness (QED) is 0.837. The van der Waals surface area contributed by atoms with Crippen LogP contribution in [-0.2, 0) is 9.47 Å². The van der Waals surface area contributed by atoms with Crippen molar-refractivity contribution in [1.82, 2.24) is 0 Å². The Hall–Kier alpha value is -1.13. The predicted octanol–water partition coefficient (Wildman–Crippen LogP) is 3.29. The number of rotatable bonds is 4. The molecule has 105 valence electrons. The van der Waals surface area contributed by atoms with Crippen LogP contribution in [0, 0.1) is 12.7 Å². The Bertz CT molecular complexity index is 445. The molecule has 1 aromatic carbocycles. The van der Waals surface area contributed by atoms with E-state index in [1.165, 1.54) is 19.2 Å². The fraction of sp³-hybridized carbons (Fsp3) is 0.533. The summed E-state index contributed by atoms with van der Waals surface area (Å²) in [6, 6.07) is 4.55. The van der Waals surface area contributed by atoms with Crippen LogP contribution in [-0.4, -0.2) is 25.6 Å². The van der Waals surface area contributed by atoms with Crippen LogP contribution in [0.4, 0.5) is 4.39 Å². The van der Waals surface area contributed by atoms with Crippen molar-refractivity contribution in [3.63, 3.8) is 0 Å². The van der Waals surface area contributed by atoms with Crippen LogP contribution in [0.2, 0.25) is 0 Å². The first-order chi connectivity index (χ1) is 8.96. The van der Waals surface area contributed by atoms with E-state index in [9.17, 15) is 4.39 Å². The van der Waals surface area contributed by atoms with Crippen molar-refractivity contribution >= 4 is 0 Å². The molecule has 0 aliphatic carbocycles. The summed E-state index contributed by atoms with van der Waals surface area (Å²) in [7, 11) is 1.54. The molecule has 4 heteroatoms. The van der Waals surface area contributed by atoms with Crippen molar-refractivity contribution in [2.24, 2.45) is 0 Å². The molecule has 1 fully saturated rings. The lowest BCUT2D eigenvalue weighted by Gasteiger charge is -2.25. The zero-order valence-electron chi connectivity index (χ0n) is 11.6. The van der Waals surface area contributed by atoms with Gasteiger partial charge in [0, 0.05) is 17.5 Å². The van der Waals surface area contributed by atoms with Crippen molar-refractivity contribution in [2.45, 2.75) is 38.1 Å². The van der Waals surface area contributed by atoms with Gasteiger partial charge in [0.15, 0.2) is 5.79 Å². The predicted molar refractivity (Wildman–Crippen MR) is 70.6 cm³/mol. The first-order valence-corrected chi connectivity index (χ1v) is 6.41. The Morgan fingerprint density at radius 1 is 1.53 bits per heavy atom. The van der Waals surface area contributed by atoms with E-state index in [2.05, 4.69) is 6.92 Å². The largest absolute Gasteiger partial charge is 0.496 e. The molecule has 0 N–H and O–H groups in total. The van der Waals surface area contributed by atoms with Crippen LogP contribution < -0.4 is 4.74 Å². The molecular weight excluding hydrogens is 247 g/mol. The standard InChI is InChI=1S/C15H20FO3/c1-5-11(14-9-18-15(2,3)19-14)12-7-6-10(16)8-13(12)17-4/h6-8,11,14H,1,5,9H2,2-4H3/t11-,14+/m0/s1. The maximum atomic E-state index is 13.3. The highest BCUT2D eigenvalue weighted by Crippen LogP contribution is 2.37. The van der Waals surface area contributed by atoms with Gasteiger partial charge in [-0.25, -0.2) is 4.39 Å². The van der Waals surface area contributed by atoms with Crippen LogP contribution in [0.1, 0.15) is 31.7 Å². The Balaban J connectivity index is 2.27. The van der Waals surface area contributed by atoms with Gasteiger partial charge in [-0.15, -0.1) is 0 Å². The van der Waals surface area contributed by atoms with Gasteiger partial charge in [0.1, 0.15) is 11.6 Å². The molecule has 3 nitrogen and oxygen atoms in total. The first kappa shape index (κ1) is 14.3. The first-order valence-electron chi connectivity index (χ1n) is 6.41. The van der Waals surface area contributed by atoms with E-state index >= 15 is 0 Å². The molecule has 0 unspecified atom stereocenters. The zero-order valence-corrected chi connectivity index (χ0v) is 11.6. The van der Waals surface area contributed by atoms with Crippen molar-refractivity contribution in [3.05, 3.63) is 36.5 Å². The summed E-state index contributed by atoms with van der Waals surface area (Å²) < 4.78 is 30.0. The molecule has 19 heavy (non-hydrogen) atoms. The molecule has 0 spiro atoms. The van der Waals surface area contributed by atoms with Gasteiger partial charge in [-0.1, -0.05) is 13.0 Å². The molecule has 0 amide bonds. The lowest BCUT2D eigenvalue weighted by molar-refractivity contribution is -0.140. The Kier molecular flexibility index (Phi) is 4.11. The normalized spacial score (nSPS) is 23.3. The molecule has 1 aliphatic rings. The molecule has 0 bridgehead atoms. The molecule has 1 heterocycles. The van der Waals surface area contributed by atoms with Crippen molar-refractivity contribution < 1.29 is 18.6 Å². The van der Waals surface area contributed by atoms with E-state index in [0.717, 1.165) is 5.56 Å². The zero-order chi connectivity index (χ0) is 14.0. The molecule has 1 aliphatic heterocycles. The third-order valence-corrected chi connectivity index (χ3v) is 3.39. The van der Waals surface area contributed by atoms with Crippen LogP contribution in [0.3, 0.4) is 0 Å². The minimum atomic E-state index is -0.578. The van der Waals surface area contributed by atoms with Crippen LogP contribution in [0.5, 0.6) is 5.75 Å². The number of hydrogen-bond acceptors (Lipinski definition) is 3. The van der Waals surface area contributed by atoms with Gasteiger partial charge in [-0.05, 0) is 26.3 Å². The van der Waals surface area contributed by atoms with E-state index in [4.69, 9.17) is 14.2 Å². The average molecular weight is 267 g/mol. The number of halogens is 1. The van der Waals surface area contributed by atoms with E-state index in [1.54, 1.807) is 6.07 Å². The Labute approximate surface area is 113 Å². The Morgan fingerprint density at radius 3 is 2.79 bits per heavy atom. The number of benzene rings is 1. The second-order valence-electron chi connectivity index (χ2n) is 5.15. The van der Waals surface area contributed by atoms with Gasteiger partial charge in [-0.2, -0.15) is 0 Å². The summed E-state index contributed by atoms with van der Waals surface area (Å²) in [4.78, 5) is 0. The summed E-state index contributed by atoms with van der Waals surface area (Å²) in [5.41, 5.74) is 0.908. The number of hydrogen-bond donors (Lipinski definition) is 0. The smallest absolute Gasteiger partial charge is 0.163 e. The van der Waals surface area contributed by atoms with Gasteiger partial charge in [0.2, 0.25) is 0 Å². The molecular formula is C15H20FO3. The average Bonchev–Trinajstić information content (AvgIpc) is 2.72. The number of ether oxygens (including phenoxy) is 3. The lowest BCUT2D eigenvalue weighted by atomic mass is 9.90. The van der Waals surface area contributed by atoms with Crippen molar-refractivity contribution in [3.8, 4) is 5.75 Å². The second-order valence-corrected chi connectivity index (χ2v) is 5.15. The molecule has 2 rings (SSSR count). The summed E-state index contributed by atoms with van der Waals surface area (Å²) in [6.45, 7) is 8.24. The Morgan fingerprint density at radius 2 is 2.26 bits per heavy atom. The van der Waals surface area contributed by atoms with Crippen molar-refractivity contribution in [2.75, 3.05) is 13.7 Å². The molecule has 0 saturated carbocycles. The van der Waals surface area contributed by atoms with Gasteiger partial charge >= 0.3 is 0 Å². The minimum Gasteiger partial charge on any atom is -0.496 e. The molecule has 0 aromatic heterocycles. The topological polar surface area (TPSA) is 27.7 Å². The van der Waals surface area contributed by atoms with E-state index in [1.807, 2.05) is 13.8 Å². The summed E-state index contributed by atoms with van der Waals surface area (Å²) in [5, 5.41) is 0. The fourth-order valence-corrected chi connectivity index (χ4v) is 2.45. The highest BCUT2D eigenvalue weighted by atomic mass is 19.1. The van der Waals surface area contributed by atoms with E-state index in [-0.39, 0.29) is 17.8 Å². The van der Waals surface area contributed by atoms with Crippen LogP contribution >= 0.6 is 0 Å².